The Morgan fingerprint density at radius 2 is 2.20 bits per heavy atom. The van der Waals surface area contributed by atoms with Gasteiger partial charge in [0, 0.05) is 12.1 Å². The number of rotatable bonds is 6. The number of hydrogen-bond donors (Lipinski definition) is 2. The Kier molecular flexibility index (Phi) is 4.26. The van der Waals surface area contributed by atoms with E-state index < -0.39 is 5.82 Å². The van der Waals surface area contributed by atoms with Crippen molar-refractivity contribution in [3.63, 3.8) is 0 Å². The lowest BCUT2D eigenvalue weighted by Crippen LogP contribution is -2.45. The minimum atomic E-state index is -0.499. The molecule has 1 fully saturated rings. The maximum atomic E-state index is 13.4. The van der Waals surface area contributed by atoms with Gasteiger partial charge in [-0.25, -0.2) is 9.37 Å². The molecule has 110 valence electrons. The zero-order valence-electron chi connectivity index (χ0n) is 12.3. The second kappa shape index (κ2) is 5.77. The molecule has 0 aliphatic heterocycles. The number of carbonyl (C=O) groups is 1. The molecule has 0 spiro atoms. The van der Waals surface area contributed by atoms with Gasteiger partial charge in [-0.05, 0) is 45.1 Å². The molecule has 20 heavy (non-hydrogen) atoms. The molecule has 2 rings (SSSR count). The van der Waals surface area contributed by atoms with Crippen LogP contribution in [0, 0.1) is 11.7 Å². The third-order valence-corrected chi connectivity index (χ3v) is 3.68. The van der Waals surface area contributed by atoms with Crippen molar-refractivity contribution in [3.8, 4) is 0 Å². The summed E-state index contributed by atoms with van der Waals surface area (Å²) in [6, 6.07) is 1.24. The molecule has 0 atom stereocenters. The quantitative estimate of drug-likeness (QED) is 0.841. The Hall–Kier alpha value is -1.65. The highest BCUT2D eigenvalue weighted by atomic mass is 19.1. The number of pyridine rings is 1. The Morgan fingerprint density at radius 3 is 2.80 bits per heavy atom. The average Bonchev–Trinajstić information content (AvgIpc) is 3.21. The van der Waals surface area contributed by atoms with Crippen molar-refractivity contribution < 1.29 is 9.18 Å². The van der Waals surface area contributed by atoms with Crippen molar-refractivity contribution in [2.24, 2.45) is 5.92 Å². The van der Waals surface area contributed by atoms with Crippen molar-refractivity contribution in [2.75, 3.05) is 11.9 Å². The van der Waals surface area contributed by atoms with Gasteiger partial charge in [-0.1, -0.05) is 6.92 Å². The molecule has 5 heteroatoms. The molecule has 0 aromatic carbocycles. The minimum Gasteiger partial charge on any atom is -0.369 e. The third-order valence-electron chi connectivity index (χ3n) is 3.68. The number of halogens is 1. The highest BCUT2D eigenvalue weighted by Crippen LogP contribution is 2.39. The second-order valence-electron chi connectivity index (χ2n) is 5.93. The topological polar surface area (TPSA) is 54.0 Å². The molecule has 4 nitrogen and oxygen atoms in total. The van der Waals surface area contributed by atoms with E-state index in [1.165, 1.54) is 6.07 Å². The van der Waals surface area contributed by atoms with Crippen molar-refractivity contribution in [3.05, 3.63) is 23.6 Å². The predicted octanol–water partition coefficient (Wildman–Crippen LogP) is 2.96. The maximum absolute atomic E-state index is 13.4. The van der Waals surface area contributed by atoms with E-state index in [1.54, 1.807) is 0 Å². The Morgan fingerprint density at radius 1 is 1.50 bits per heavy atom. The normalized spacial score (nSPS) is 15.0. The Balaban J connectivity index is 2.16. The van der Waals surface area contributed by atoms with Crippen molar-refractivity contribution in [2.45, 2.75) is 45.6 Å². The Bertz CT molecular complexity index is 498. The van der Waals surface area contributed by atoms with Gasteiger partial charge in [-0.3, -0.25) is 4.79 Å². The summed E-state index contributed by atoms with van der Waals surface area (Å²) in [5.74, 6) is 0.186. The van der Waals surface area contributed by atoms with Crippen LogP contribution in [-0.2, 0) is 0 Å². The number of anilines is 1. The summed E-state index contributed by atoms with van der Waals surface area (Å²) < 4.78 is 13.4. The second-order valence-corrected chi connectivity index (χ2v) is 5.93. The number of nitrogens with one attached hydrogen (secondary N) is 2. The molecule has 1 aliphatic carbocycles. The first kappa shape index (κ1) is 14.8. The summed E-state index contributed by atoms with van der Waals surface area (Å²) in [5.41, 5.74) is 0.0120. The Labute approximate surface area is 119 Å². The molecule has 0 bridgehead atoms. The maximum Gasteiger partial charge on any atom is 0.255 e. The van der Waals surface area contributed by atoms with Gasteiger partial charge in [-0.2, -0.15) is 0 Å². The zero-order valence-corrected chi connectivity index (χ0v) is 12.3. The minimum absolute atomic E-state index is 0.259. The van der Waals surface area contributed by atoms with Gasteiger partial charge in [0.25, 0.3) is 5.91 Å². The third kappa shape index (κ3) is 3.46. The van der Waals surface area contributed by atoms with Crippen LogP contribution in [0.15, 0.2) is 12.3 Å². The monoisotopic (exact) mass is 279 g/mol. The summed E-state index contributed by atoms with van der Waals surface area (Å²) in [6.45, 7) is 6.74. The first-order chi connectivity index (χ1) is 9.44. The van der Waals surface area contributed by atoms with Crippen LogP contribution in [0.1, 0.15) is 50.4 Å². The average molecular weight is 279 g/mol. The van der Waals surface area contributed by atoms with Crippen LogP contribution in [0.5, 0.6) is 0 Å². The lowest BCUT2D eigenvalue weighted by molar-refractivity contribution is 0.0903. The van der Waals surface area contributed by atoms with Crippen LogP contribution in [0.25, 0.3) is 0 Å². The van der Waals surface area contributed by atoms with E-state index in [1.807, 2.05) is 20.8 Å². The molecule has 0 saturated heterocycles. The summed E-state index contributed by atoms with van der Waals surface area (Å²) in [5, 5.41) is 6.06. The number of nitrogens with zero attached hydrogens (tertiary/aromatic N) is 1. The fourth-order valence-corrected chi connectivity index (χ4v) is 2.26. The van der Waals surface area contributed by atoms with Gasteiger partial charge in [0.15, 0.2) is 0 Å². The lowest BCUT2D eigenvalue weighted by atomic mass is 9.98. The predicted molar refractivity (Wildman–Crippen MR) is 77.2 cm³/mol. The molecule has 0 radical (unpaired) electrons. The van der Waals surface area contributed by atoms with E-state index >= 15 is 0 Å². The molecule has 1 heterocycles. The van der Waals surface area contributed by atoms with E-state index in [-0.39, 0.29) is 17.0 Å². The molecule has 1 saturated carbocycles. The molecular weight excluding hydrogens is 257 g/mol. The fourth-order valence-electron chi connectivity index (χ4n) is 2.26. The van der Waals surface area contributed by atoms with Crippen molar-refractivity contribution in [1.82, 2.24) is 10.3 Å². The number of hydrogen-bond acceptors (Lipinski definition) is 3. The van der Waals surface area contributed by atoms with Crippen LogP contribution >= 0.6 is 0 Å². The molecule has 2 N–H and O–H groups in total. The van der Waals surface area contributed by atoms with E-state index in [4.69, 9.17) is 0 Å². The lowest BCUT2D eigenvalue weighted by Gasteiger charge is -2.26. The largest absolute Gasteiger partial charge is 0.369 e. The first-order valence-corrected chi connectivity index (χ1v) is 7.16. The van der Waals surface area contributed by atoms with Crippen molar-refractivity contribution >= 4 is 11.7 Å². The van der Waals surface area contributed by atoms with Crippen LogP contribution in [0.4, 0.5) is 10.2 Å². The molecular formula is C15H22FN3O. The standard InChI is InChI=1S/C15H22FN3O/c1-4-7-17-13-12(8-11(16)9-18-13)14(20)19-15(2,3)10-5-6-10/h8-10H,4-7H2,1-3H3,(H,17,18)(H,19,20). The van der Waals surface area contributed by atoms with Crippen LogP contribution in [-0.4, -0.2) is 23.0 Å². The smallest absolute Gasteiger partial charge is 0.255 e. The fraction of sp³-hybridized carbons (Fsp3) is 0.600. The van der Waals surface area contributed by atoms with Crippen molar-refractivity contribution in [1.29, 1.82) is 0 Å². The van der Waals surface area contributed by atoms with E-state index in [0.29, 0.717) is 18.3 Å². The summed E-state index contributed by atoms with van der Waals surface area (Å²) in [4.78, 5) is 16.4. The molecule has 1 aromatic rings. The van der Waals surface area contributed by atoms with Gasteiger partial charge in [0.05, 0.1) is 11.8 Å². The molecule has 1 amide bonds. The van der Waals surface area contributed by atoms with Crippen LogP contribution in [0.3, 0.4) is 0 Å². The SMILES string of the molecule is CCCNc1ncc(F)cc1C(=O)NC(C)(C)C1CC1. The highest BCUT2D eigenvalue weighted by molar-refractivity contribution is 5.99. The number of amides is 1. The van der Waals surface area contributed by atoms with Gasteiger partial charge in [0.1, 0.15) is 11.6 Å². The van der Waals surface area contributed by atoms with Gasteiger partial charge in [-0.15, -0.1) is 0 Å². The number of aromatic nitrogens is 1. The van der Waals surface area contributed by atoms with Gasteiger partial charge >= 0.3 is 0 Å². The van der Waals surface area contributed by atoms with Gasteiger partial charge in [0.2, 0.25) is 0 Å². The van der Waals surface area contributed by atoms with E-state index in [9.17, 15) is 9.18 Å². The van der Waals surface area contributed by atoms with E-state index in [0.717, 1.165) is 25.5 Å². The zero-order chi connectivity index (χ0) is 14.8. The van der Waals surface area contributed by atoms with Crippen LogP contribution < -0.4 is 10.6 Å². The van der Waals surface area contributed by atoms with Gasteiger partial charge < -0.3 is 10.6 Å². The highest BCUT2D eigenvalue weighted by Gasteiger charge is 2.39. The number of carbonyl (C=O) groups excluding carboxylic acids is 1. The molecule has 1 aromatic heterocycles. The summed E-state index contributed by atoms with van der Waals surface area (Å²) in [7, 11) is 0. The van der Waals surface area contributed by atoms with E-state index in [2.05, 4.69) is 15.6 Å². The van der Waals surface area contributed by atoms with Crippen LogP contribution in [0.2, 0.25) is 0 Å². The first-order valence-electron chi connectivity index (χ1n) is 7.16. The molecule has 1 aliphatic rings. The molecule has 0 unspecified atom stereocenters. The summed E-state index contributed by atoms with van der Waals surface area (Å²) >= 11 is 0. The summed E-state index contributed by atoms with van der Waals surface area (Å²) in [6.07, 6.45) is 4.31.